The Kier molecular flexibility index (Phi) is 5.62. The molecule has 0 spiro atoms. The van der Waals surface area contributed by atoms with Crippen LogP contribution >= 0.6 is 0 Å². The van der Waals surface area contributed by atoms with E-state index in [0.717, 1.165) is 10.4 Å². The minimum Gasteiger partial charge on any atom is -0.479 e. The molecule has 0 heterocycles. The van der Waals surface area contributed by atoms with Crippen LogP contribution in [-0.4, -0.2) is 25.7 Å². The fourth-order valence-corrected chi connectivity index (χ4v) is 5.92. The quantitative estimate of drug-likeness (QED) is 0.821. The van der Waals surface area contributed by atoms with Crippen LogP contribution in [0.15, 0.2) is 60.7 Å². The van der Waals surface area contributed by atoms with Gasteiger partial charge < -0.3 is 9.53 Å². The number of carboxylic acids is 1. The van der Waals surface area contributed by atoms with E-state index in [1.165, 1.54) is 0 Å². The van der Waals surface area contributed by atoms with E-state index in [-0.39, 0.29) is 0 Å². The van der Waals surface area contributed by atoms with Gasteiger partial charge in [-0.2, -0.15) is 0 Å². The predicted molar refractivity (Wildman–Crippen MR) is 100 cm³/mol. The van der Waals surface area contributed by atoms with Crippen molar-refractivity contribution in [2.24, 2.45) is 5.41 Å². The van der Waals surface area contributed by atoms with Crippen LogP contribution in [0.4, 0.5) is 0 Å². The van der Waals surface area contributed by atoms with Crippen LogP contribution in [0, 0.1) is 5.41 Å². The van der Waals surface area contributed by atoms with E-state index >= 15 is 0 Å². The summed E-state index contributed by atoms with van der Waals surface area (Å²) in [5, 5.41) is 12.2. The van der Waals surface area contributed by atoms with Crippen LogP contribution in [-0.2, 0) is 9.22 Å². The Morgan fingerprint density at radius 2 is 1.38 bits per heavy atom. The standard InChI is InChI=1S/C20H26O3Si/c1-5-20(18(21)22,19(2,3)4)23-24(16-12-8-6-9-13-16)17-14-10-7-11-15-17/h6-15,24H,5H2,1-4H3,(H,21,22)/t20-/m0/s1. The Balaban J connectivity index is 2.54. The second-order valence-corrected chi connectivity index (χ2v) is 9.38. The van der Waals surface area contributed by atoms with Gasteiger partial charge in [0.05, 0.1) is 0 Å². The van der Waals surface area contributed by atoms with E-state index in [2.05, 4.69) is 0 Å². The largest absolute Gasteiger partial charge is 0.479 e. The molecule has 0 bridgehead atoms. The number of carbonyl (C=O) groups is 1. The van der Waals surface area contributed by atoms with Crippen molar-refractivity contribution in [3.05, 3.63) is 60.7 Å². The lowest BCUT2D eigenvalue weighted by Crippen LogP contribution is -2.60. The van der Waals surface area contributed by atoms with Crippen molar-refractivity contribution >= 4 is 25.4 Å². The number of carboxylic acid groups (broad SMARTS) is 1. The minimum absolute atomic E-state index is 0.426. The van der Waals surface area contributed by atoms with Crippen molar-refractivity contribution in [1.82, 2.24) is 0 Å². The van der Waals surface area contributed by atoms with Crippen molar-refractivity contribution in [3.8, 4) is 0 Å². The molecule has 0 fully saturated rings. The highest BCUT2D eigenvalue weighted by molar-refractivity contribution is 6.80. The molecule has 0 aromatic heterocycles. The smallest absolute Gasteiger partial charge is 0.335 e. The molecule has 2 aromatic rings. The SMILES string of the molecule is CC[C@](O[SiH](c1ccccc1)c1ccccc1)(C(=O)O)C(C)(C)C. The van der Waals surface area contributed by atoms with E-state index < -0.39 is 26.0 Å². The average Bonchev–Trinajstić information content (AvgIpc) is 2.56. The van der Waals surface area contributed by atoms with E-state index in [1.807, 2.05) is 88.4 Å². The third-order valence-corrected chi connectivity index (χ3v) is 7.20. The van der Waals surface area contributed by atoms with Crippen molar-refractivity contribution in [3.63, 3.8) is 0 Å². The number of benzene rings is 2. The average molecular weight is 343 g/mol. The highest BCUT2D eigenvalue weighted by Crippen LogP contribution is 2.37. The molecule has 0 aliphatic heterocycles. The van der Waals surface area contributed by atoms with Crippen LogP contribution in [0.25, 0.3) is 0 Å². The first-order valence-corrected chi connectivity index (χ1v) is 9.95. The topological polar surface area (TPSA) is 46.5 Å². The highest BCUT2D eigenvalue weighted by atomic mass is 28.3. The fraction of sp³-hybridized carbons (Fsp3) is 0.350. The maximum atomic E-state index is 12.2. The second kappa shape index (κ2) is 7.32. The van der Waals surface area contributed by atoms with Crippen LogP contribution in [0.3, 0.4) is 0 Å². The van der Waals surface area contributed by atoms with Gasteiger partial charge in [-0.1, -0.05) is 88.4 Å². The molecule has 2 aromatic carbocycles. The summed E-state index contributed by atoms with van der Waals surface area (Å²) in [5.74, 6) is -0.887. The van der Waals surface area contributed by atoms with Crippen LogP contribution in [0.5, 0.6) is 0 Å². The molecule has 1 atom stereocenters. The molecule has 0 aliphatic carbocycles. The third-order valence-electron chi connectivity index (χ3n) is 4.58. The number of aliphatic carboxylic acids is 1. The Morgan fingerprint density at radius 3 is 1.67 bits per heavy atom. The lowest BCUT2D eigenvalue weighted by atomic mass is 9.75. The summed E-state index contributed by atoms with van der Waals surface area (Å²) < 4.78 is 6.52. The molecule has 3 nitrogen and oxygen atoms in total. The molecule has 2 rings (SSSR count). The molecule has 24 heavy (non-hydrogen) atoms. The zero-order valence-electron chi connectivity index (χ0n) is 14.8. The van der Waals surface area contributed by atoms with Gasteiger partial charge >= 0.3 is 5.97 Å². The van der Waals surface area contributed by atoms with Crippen molar-refractivity contribution in [1.29, 1.82) is 0 Å². The summed E-state index contributed by atoms with van der Waals surface area (Å²) in [5.41, 5.74) is -1.72. The van der Waals surface area contributed by atoms with Gasteiger partial charge in [0, 0.05) is 5.41 Å². The van der Waals surface area contributed by atoms with Gasteiger partial charge in [0.25, 0.3) is 0 Å². The molecule has 128 valence electrons. The molecule has 1 N–H and O–H groups in total. The third kappa shape index (κ3) is 3.60. The first-order valence-electron chi connectivity index (χ1n) is 8.33. The lowest BCUT2D eigenvalue weighted by molar-refractivity contribution is -0.167. The Labute approximate surface area is 146 Å². The first-order chi connectivity index (χ1) is 11.3. The maximum Gasteiger partial charge on any atom is 0.335 e. The molecule has 0 aliphatic rings. The van der Waals surface area contributed by atoms with Gasteiger partial charge in [0.1, 0.15) is 0 Å². The van der Waals surface area contributed by atoms with E-state index in [0.29, 0.717) is 6.42 Å². The summed E-state index contributed by atoms with van der Waals surface area (Å²) in [6.07, 6.45) is 0.426. The summed E-state index contributed by atoms with van der Waals surface area (Å²) in [6, 6.07) is 20.0. The monoisotopic (exact) mass is 342 g/mol. The molecule has 4 heteroatoms. The molecular formula is C20H26O3Si. The van der Waals surface area contributed by atoms with Gasteiger partial charge in [-0.15, -0.1) is 0 Å². The molecule has 0 radical (unpaired) electrons. The van der Waals surface area contributed by atoms with Crippen LogP contribution in [0.2, 0.25) is 0 Å². The Hall–Kier alpha value is -1.91. The van der Waals surface area contributed by atoms with Gasteiger partial charge in [0.15, 0.2) is 5.60 Å². The fourth-order valence-electron chi connectivity index (χ4n) is 3.10. The molecule has 0 unspecified atom stereocenters. The molecular weight excluding hydrogens is 316 g/mol. The summed E-state index contributed by atoms with van der Waals surface area (Å²) in [4.78, 5) is 12.2. The lowest BCUT2D eigenvalue weighted by Gasteiger charge is -2.43. The number of hydrogen-bond acceptors (Lipinski definition) is 2. The minimum atomic E-state index is -2.13. The zero-order valence-corrected chi connectivity index (χ0v) is 16.0. The molecule has 0 saturated carbocycles. The second-order valence-electron chi connectivity index (χ2n) is 7.05. The van der Waals surface area contributed by atoms with Crippen molar-refractivity contribution < 1.29 is 14.3 Å². The number of hydrogen-bond donors (Lipinski definition) is 1. The Bertz CT molecular complexity index is 625. The van der Waals surface area contributed by atoms with Gasteiger partial charge in [-0.05, 0) is 16.8 Å². The van der Waals surface area contributed by atoms with E-state index in [4.69, 9.17) is 4.43 Å². The van der Waals surface area contributed by atoms with E-state index in [9.17, 15) is 9.90 Å². The van der Waals surface area contributed by atoms with Gasteiger partial charge in [-0.3, -0.25) is 0 Å². The highest BCUT2D eigenvalue weighted by Gasteiger charge is 2.50. The predicted octanol–water partition coefficient (Wildman–Crippen LogP) is 2.82. The summed E-state index contributed by atoms with van der Waals surface area (Å²) in [6.45, 7) is 7.70. The van der Waals surface area contributed by atoms with Crippen molar-refractivity contribution in [2.45, 2.75) is 39.7 Å². The van der Waals surface area contributed by atoms with Crippen LogP contribution < -0.4 is 10.4 Å². The van der Waals surface area contributed by atoms with E-state index in [1.54, 1.807) is 0 Å². The molecule has 0 saturated heterocycles. The van der Waals surface area contributed by atoms with Gasteiger partial charge in [-0.25, -0.2) is 4.79 Å². The summed E-state index contributed by atoms with van der Waals surface area (Å²) >= 11 is 0. The maximum absolute atomic E-state index is 12.2. The molecule has 0 amide bonds. The summed E-state index contributed by atoms with van der Waals surface area (Å²) in [7, 11) is -2.13. The Morgan fingerprint density at radius 1 is 0.958 bits per heavy atom. The van der Waals surface area contributed by atoms with Crippen LogP contribution in [0.1, 0.15) is 34.1 Å². The zero-order chi connectivity index (χ0) is 17.8. The normalized spacial score (nSPS) is 14.4. The van der Waals surface area contributed by atoms with Gasteiger partial charge in [0.2, 0.25) is 9.04 Å². The number of rotatable bonds is 6. The first kappa shape index (κ1) is 18.4. The van der Waals surface area contributed by atoms with Crippen molar-refractivity contribution in [2.75, 3.05) is 0 Å².